The van der Waals surface area contributed by atoms with Crippen molar-refractivity contribution < 1.29 is 31.0 Å². The number of rotatable bonds is 4. The molecule has 0 aliphatic rings. The third-order valence-corrected chi connectivity index (χ3v) is 5.00. The summed E-state index contributed by atoms with van der Waals surface area (Å²) in [5, 5.41) is 14.3. The van der Waals surface area contributed by atoms with Crippen LogP contribution in [0.5, 0.6) is 0 Å². The smallest absolute Gasteiger partial charge is 0.350 e. The average molecular weight is 412 g/mol. The summed E-state index contributed by atoms with van der Waals surface area (Å²) in [6, 6.07) is 9.56. The van der Waals surface area contributed by atoms with Crippen molar-refractivity contribution in [3.63, 3.8) is 0 Å². The fourth-order valence-electron chi connectivity index (χ4n) is 2.56. The maximum atomic E-state index is 13.4. The predicted octanol–water partition coefficient (Wildman–Crippen LogP) is 4.34. The molecule has 0 atom stereocenters. The Morgan fingerprint density at radius 3 is 2.00 bits per heavy atom. The number of alkyl halides is 3. The van der Waals surface area contributed by atoms with Crippen LogP contribution in [0.1, 0.15) is 5.76 Å². The molecular weight excluding hydrogens is 401 g/mol. The molecule has 0 aliphatic carbocycles. The van der Waals surface area contributed by atoms with E-state index in [9.17, 15) is 31.7 Å². The molecular formula is C17H11F3N2O5S. The Morgan fingerprint density at radius 1 is 1.00 bits per heavy atom. The number of nitro benzene ring substituents is 1. The summed E-state index contributed by atoms with van der Waals surface area (Å²) in [7, 11) is -3.48. The zero-order valence-corrected chi connectivity index (χ0v) is 14.9. The minimum atomic E-state index is -4.85. The van der Waals surface area contributed by atoms with E-state index in [0.717, 1.165) is 30.5 Å². The lowest BCUT2D eigenvalue weighted by Crippen LogP contribution is -2.05. The molecule has 0 aliphatic heterocycles. The van der Waals surface area contributed by atoms with Crippen molar-refractivity contribution in [2.45, 2.75) is 11.1 Å². The predicted molar refractivity (Wildman–Crippen MR) is 92.1 cm³/mol. The molecule has 2 aromatic carbocycles. The van der Waals surface area contributed by atoms with Gasteiger partial charge in [0, 0.05) is 24.0 Å². The third kappa shape index (κ3) is 3.74. The summed E-state index contributed by atoms with van der Waals surface area (Å²) in [4.78, 5) is 10.1. The molecule has 146 valence electrons. The number of nitrogens with zero attached hydrogens (tertiary/aromatic N) is 2. The van der Waals surface area contributed by atoms with Gasteiger partial charge in [-0.25, -0.2) is 8.42 Å². The minimum Gasteiger partial charge on any atom is -0.350 e. The minimum absolute atomic E-state index is 0.00678. The van der Waals surface area contributed by atoms with Crippen LogP contribution >= 0.6 is 0 Å². The van der Waals surface area contributed by atoms with Crippen LogP contribution in [-0.2, 0) is 16.0 Å². The lowest BCUT2D eigenvalue weighted by Gasteiger charge is -2.07. The van der Waals surface area contributed by atoms with Crippen molar-refractivity contribution in [1.82, 2.24) is 5.16 Å². The van der Waals surface area contributed by atoms with Crippen LogP contribution in [0.15, 0.2) is 57.9 Å². The van der Waals surface area contributed by atoms with Gasteiger partial charge in [-0.3, -0.25) is 10.1 Å². The normalized spacial score (nSPS) is 12.1. The number of hydrogen-bond acceptors (Lipinski definition) is 6. The van der Waals surface area contributed by atoms with Gasteiger partial charge in [-0.15, -0.1) is 0 Å². The molecule has 0 N–H and O–H groups in total. The van der Waals surface area contributed by atoms with Crippen LogP contribution < -0.4 is 0 Å². The van der Waals surface area contributed by atoms with E-state index in [1.165, 1.54) is 24.3 Å². The van der Waals surface area contributed by atoms with Gasteiger partial charge in [-0.2, -0.15) is 13.2 Å². The van der Waals surface area contributed by atoms with Gasteiger partial charge in [0.1, 0.15) is 5.69 Å². The molecule has 0 bridgehead atoms. The van der Waals surface area contributed by atoms with E-state index < -0.39 is 32.3 Å². The van der Waals surface area contributed by atoms with Gasteiger partial charge in [-0.1, -0.05) is 17.3 Å². The van der Waals surface area contributed by atoms with E-state index in [4.69, 9.17) is 0 Å². The highest BCUT2D eigenvalue weighted by Gasteiger charge is 2.41. The van der Waals surface area contributed by atoms with Gasteiger partial charge in [0.2, 0.25) is 5.76 Å². The molecule has 11 heteroatoms. The topological polar surface area (TPSA) is 103 Å². The highest BCUT2D eigenvalue weighted by molar-refractivity contribution is 7.90. The number of non-ortho nitro benzene ring substituents is 1. The molecule has 0 spiro atoms. The van der Waals surface area contributed by atoms with Crippen LogP contribution in [0.4, 0.5) is 18.9 Å². The first kappa shape index (κ1) is 19.5. The summed E-state index contributed by atoms with van der Waals surface area (Å²) in [5.41, 5.74) is -0.634. The Hall–Kier alpha value is -3.21. The van der Waals surface area contributed by atoms with Gasteiger partial charge < -0.3 is 4.52 Å². The Labute approximate surface area is 156 Å². The van der Waals surface area contributed by atoms with E-state index in [2.05, 4.69) is 9.68 Å². The highest BCUT2D eigenvalue weighted by Crippen LogP contribution is 2.43. The Kier molecular flexibility index (Phi) is 4.71. The second-order valence-electron chi connectivity index (χ2n) is 5.83. The first-order chi connectivity index (χ1) is 13.0. The monoisotopic (exact) mass is 412 g/mol. The van der Waals surface area contributed by atoms with E-state index in [0.29, 0.717) is 0 Å². The number of hydrogen-bond donors (Lipinski definition) is 0. The largest absolute Gasteiger partial charge is 0.453 e. The molecule has 0 fully saturated rings. The summed E-state index contributed by atoms with van der Waals surface area (Å²) in [5.74, 6) is -1.36. The molecule has 3 rings (SSSR count). The molecule has 7 nitrogen and oxygen atoms in total. The highest BCUT2D eigenvalue weighted by atomic mass is 32.2. The number of sulfone groups is 1. The summed E-state index contributed by atoms with van der Waals surface area (Å²) in [6.07, 6.45) is -3.85. The van der Waals surface area contributed by atoms with Crippen molar-refractivity contribution in [2.75, 3.05) is 6.26 Å². The van der Waals surface area contributed by atoms with Gasteiger partial charge in [0.15, 0.2) is 9.84 Å². The maximum Gasteiger partial charge on any atom is 0.453 e. The van der Waals surface area contributed by atoms with Crippen molar-refractivity contribution in [2.24, 2.45) is 0 Å². The number of benzene rings is 2. The first-order valence-corrected chi connectivity index (χ1v) is 9.50. The van der Waals surface area contributed by atoms with Crippen LogP contribution in [-0.4, -0.2) is 24.8 Å². The zero-order chi connectivity index (χ0) is 20.7. The fraction of sp³-hybridized carbons (Fsp3) is 0.118. The van der Waals surface area contributed by atoms with Gasteiger partial charge in [0.25, 0.3) is 5.69 Å². The van der Waals surface area contributed by atoms with Gasteiger partial charge >= 0.3 is 6.18 Å². The molecule has 3 aromatic rings. The molecule has 0 unspecified atom stereocenters. The fourth-order valence-corrected chi connectivity index (χ4v) is 3.19. The molecule has 0 saturated heterocycles. The lowest BCUT2D eigenvalue weighted by atomic mass is 9.98. The molecule has 0 saturated carbocycles. The standard InChI is InChI=1S/C17H11F3N2O5S/c1-28(25,26)13-8-4-11(5-9-13)15-14(16(27-21-15)17(18,19)20)10-2-6-12(7-3-10)22(23)24/h2-9H,1H3. The van der Waals surface area contributed by atoms with Crippen molar-refractivity contribution in [1.29, 1.82) is 0 Å². The van der Waals surface area contributed by atoms with Crippen LogP contribution in [0, 0.1) is 10.1 Å². The summed E-state index contributed by atoms with van der Waals surface area (Å²) >= 11 is 0. The molecule has 1 aromatic heterocycles. The van der Waals surface area contributed by atoms with Crippen molar-refractivity contribution in [3.8, 4) is 22.4 Å². The number of halogens is 3. The average Bonchev–Trinajstić information content (AvgIpc) is 3.06. The Morgan fingerprint density at radius 2 is 1.54 bits per heavy atom. The molecule has 28 heavy (non-hydrogen) atoms. The zero-order valence-electron chi connectivity index (χ0n) is 14.1. The summed E-state index contributed by atoms with van der Waals surface area (Å²) in [6.45, 7) is 0. The lowest BCUT2D eigenvalue weighted by molar-refractivity contribution is -0.384. The van der Waals surface area contributed by atoms with E-state index in [1.807, 2.05) is 0 Å². The van der Waals surface area contributed by atoms with Gasteiger partial charge in [0.05, 0.1) is 15.4 Å². The van der Waals surface area contributed by atoms with Crippen molar-refractivity contribution in [3.05, 3.63) is 64.4 Å². The van der Waals surface area contributed by atoms with Gasteiger partial charge in [-0.05, 0) is 29.8 Å². The van der Waals surface area contributed by atoms with E-state index in [1.54, 1.807) is 0 Å². The maximum absolute atomic E-state index is 13.4. The second-order valence-corrected chi connectivity index (χ2v) is 7.85. The molecule has 1 heterocycles. The van der Waals surface area contributed by atoms with E-state index >= 15 is 0 Å². The quantitative estimate of drug-likeness (QED) is 0.466. The van der Waals surface area contributed by atoms with E-state index in [-0.39, 0.29) is 27.4 Å². The van der Waals surface area contributed by atoms with Crippen LogP contribution in [0.3, 0.4) is 0 Å². The molecule has 0 radical (unpaired) electrons. The number of nitro groups is 1. The SMILES string of the molecule is CS(=O)(=O)c1ccc(-c2noc(C(F)(F)F)c2-c2ccc([N+](=O)[O-])cc2)cc1. The Bertz CT molecular complexity index is 1140. The third-order valence-electron chi connectivity index (χ3n) is 3.87. The molecule has 0 amide bonds. The Balaban J connectivity index is 2.18. The van der Waals surface area contributed by atoms with Crippen LogP contribution in [0.2, 0.25) is 0 Å². The first-order valence-electron chi connectivity index (χ1n) is 7.60. The second kappa shape index (κ2) is 6.75. The summed E-state index contributed by atoms with van der Waals surface area (Å²) < 4.78 is 67.7. The number of aromatic nitrogens is 1. The van der Waals surface area contributed by atoms with Crippen LogP contribution in [0.25, 0.3) is 22.4 Å². The van der Waals surface area contributed by atoms with Crippen molar-refractivity contribution >= 4 is 15.5 Å².